The van der Waals surface area contributed by atoms with Gasteiger partial charge in [-0.15, -0.1) is 0 Å². The quantitative estimate of drug-likeness (QED) is 0.496. The highest BCUT2D eigenvalue weighted by Crippen LogP contribution is 1.82. The number of nitrogens with zero attached hydrogens (tertiary/aromatic N) is 2. The van der Waals surface area contributed by atoms with Crippen molar-refractivity contribution >= 4 is 6.29 Å². The summed E-state index contributed by atoms with van der Waals surface area (Å²) in [6, 6.07) is 1.24. The minimum atomic E-state index is -0.274. The van der Waals surface area contributed by atoms with Crippen LogP contribution in [0.15, 0.2) is 17.1 Å². The monoisotopic (exact) mass is 138 g/mol. The lowest BCUT2D eigenvalue weighted by Gasteiger charge is -1.92. The van der Waals surface area contributed by atoms with Crippen LogP contribution in [-0.4, -0.2) is 16.1 Å². The summed E-state index contributed by atoms with van der Waals surface area (Å²) in [6.45, 7) is 0. The molecule has 0 saturated heterocycles. The van der Waals surface area contributed by atoms with E-state index in [1.54, 1.807) is 0 Å². The summed E-state index contributed by atoms with van der Waals surface area (Å²) in [5.41, 5.74) is 0.0349. The number of hydrogen-bond acceptors (Lipinski definition) is 3. The summed E-state index contributed by atoms with van der Waals surface area (Å²) in [5.74, 6) is 0. The molecule has 0 aliphatic heterocycles. The van der Waals surface area contributed by atoms with Crippen molar-refractivity contribution in [2.45, 2.75) is 0 Å². The van der Waals surface area contributed by atoms with Gasteiger partial charge in [-0.2, -0.15) is 5.10 Å². The fourth-order valence-corrected chi connectivity index (χ4v) is 0.548. The molecule has 10 heavy (non-hydrogen) atoms. The molecule has 0 aromatic carbocycles. The Kier molecular flexibility index (Phi) is 1.62. The van der Waals surface area contributed by atoms with Crippen molar-refractivity contribution in [1.29, 1.82) is 0 Å². The molecular formula is C6H6N2O2. The Morgan fingerprint density at radius 1 is 1.70 bits per heavy atom. The summed E-state index contributed by atoms with van der Waals surface area (Å²) in [5, 5.41) is 3.62. The van der Waals surface area contributed by atoms with Gasteiger partial charge in [0, 0.05) is 18.7 Å². The average molecular weight is 138 g/mol. The van der Waals surface area contributed by atoms with Crippen LogP contribution in [0.3, 0.4) is 0 Å². The predicted octanol–water partition coefficient (Wildman–Crippen LogP) is -0.407. The number of aldehydes is 1. The number of rotatable bonds is 1. The number of carbonyl (C=O) groups is 1. The first-order chi connectivity index (χ1) is 4.74. The summed E-state index contributed by atoms with van der Waals surface area (Å²) in [4.78, 5) is 20.8. The molecule has 0 aliphatic rings. The molecule has 4 nitrogen and oxygen atoms in total. The molecule has 0 bridgehead atoms. The first kappa shape index (κ1) is 6.67. The van der Waals surface area contributed by atoms with Gasteiger partial charge in [-0.05, 0) is 0 Å². The Morgan fingerprint density at radius 3 is 2.90 bits per heavy atom. The lowest BCUT2D eigenvalue weighted by atomic mass is 10.3. The summed E-state index contributed by atoms with van der Waals surface area (Å²) < 4.78 is 1.16. The molecule has 0 saturated carbocycles. The fraction of sp³-hybridized carbons (Fsp3) is 0.167. The zero-order valence-corrected chi connectivity index (χ0v) is 5.44. The molecule has 0 aliphatic carbocycles. The molecule has 1 heterocycles. The Morgan fingerprint density at radius 2 is 2.40 bits per heavy atom. The second kappa shape index (κ2) is 2.43. The van der Waals surface area contributed by atoms with E-state index in [0.717, 1.165) is 4.68 Å². The van der Waals surface area contributed by atoms with E-state index in [2.05, 4.69) is 5.10 Å². The maximum absolute atomic E-state index is 10.7. The molecule has 1 aromatic rings. The van der Waals surface area contributed by atoms with E-state index < -0.39 is 0 Å². The fourth-order valence-electron chi connectivity index (χ4n) is 0.548. The molecule has 0 unspecified atom stereocenters. The first-order valence-corrected chi connectivity index (χ1v) is 2.72. The molecule has 0 amide bonds. The first-order valence-electron chi connectivity index (χ1n) is 2.72. The minimum absolute atomic E-state index is 0.274. The highest BCUT2D eigenvalue weighted by Gasteiger charge is 1.92. The molecular weight excluding hydrogens is 132 g/mol. The van der Waals surface area contributed by atoms with Gasteiger partial charge >= 0.3 is 0 Å². The number of hydrogen-bond donors (Lipinski definition) is 0. The van der Waals surface area contributed by atoms with Crippen molar-refractivity contribution in [3.63, 3.8) is 0 Å². The van der Waals surface area contributed by atoms with Gasteiger partial charge in [0.25, 0.3) is 5.56 Å². The molecule has 1 aromatic heterocycles. The van der Waals surface area contributed by atoms with Crippen molar-refractivity contribution in [3.05, 3.63) is 28.2 Å². The van der Waals surface area contributed by atoms with Crippen molar-refractivity contribution in [3.8, 4) is 0 Å². The Bertz CT molecular complexity index is 303. The Hall–Kier alpha value is -1.45. The van der Waals surface area contributed by atoms with Gasteiger partial charge in [0.1, 0.15) is 0 Å². The van der Waals surface area contributed by atoms with Crippen LogP contribution in [0.4, 0.5) is 0 Å². The lowest BCUT2D eigenvalue weighted by molar-refractivity contribution is 0.112. The molecule has 52 valence electrons. The maximum atomic E-state index is 10.7. The SMILES string of the molecule is Cn1ncc(C=O)cc1=O. The van der Waals surface area contributed by atoms with Gasteiger partial charge in [-0.1, -0.05) is 0 Å². The van der Waals surface area contributed by atoms with Gasteiger partial charge in [0.05, 0.1) is 6.20 Å². The number of carbonyl (C=O) groups excluding carboxylic acids is 1. The van der Waals surface area contributed by atoms with Gasteiger partial charge in [0.2, 0.25) is 0 Å². The molecule has 1 rings (SSSR count). The lowest BCUT2D eigenvalue weighted by Crippen LogP contribution is -2.18. The van der Waals surface area contributed by atoms with Crippen LogP contribution in [0.1, 0.15) is 10.4 Å². The van der Waals surface area contributed by atoms with Crippen molar-refractivity contribution in [1.82, 2.24) is 9.78 Å². The van der Waals surface area contributed by atoms with E-state index in [9.17, 15) is 9.59 Å². The van der Waals surface area contributed by atoms with E-state index in [0.29, 0.717) is 11.8 Å². The van der Waals surface area contributed by atoms with Crippen LogP contribution in [0, 0.1) is 0 Å². The van der Waals surface area contributed by atoms with E-state index in [1.165, 1.54) is 19.3 Å². The third-order valence-corrected chi connectivity index (χ3v) is 1.13. The van der Waals surface area contributed by atoms with Crippen LogP contribution in [0.5, 0.6) is 0 Å². The van der Waals surface area contributed by atoms with Gasteiger partial charge in [-0.25, -0.2) is 4.68 Å². The van der Waals surface area contributed by atoms with Gasteiger partial charge in [-0.3, -0.25) is 9.59 Å². The largest absolute Gasteiger partial charge is 0.298 e. The number of aryl methyl sites for hydroxylation is 1. The second-order valence-electron chi connectivity index (χ2n) is 1.87. The summed E-state index contributed by atoms with van der Waals surface area (Å²) >= 11 is 0. The average Bonchev–Trinajstić information content (AvgIpc) is 1.95. The normalized spacial score (nSPS) is 9.30. The van der Waals surface area contributed by atoms with Crippen LogP contribution in [-0.2, 0) is 7.05 Å². The Balaban J connectivity index is 3.30. The van der Waals surface area contributed by atoms with E-state index in [-0.39, 0.29) is 5.56 Å². The topological polar surface area (TPSA) is 52.0 Å². The minimum Gasteiger partial charge on any atom is -0.298 e. The maximum Gasteiger partial charge on any atom is 0.267 e. The molecule has 0 atom stereocenters. The smallest absolute Gasteiger partial charge is 0.267 e. The molecule has 0 radical (unpaired) electrons. The van der Waals surface area contributed by atoms with E-state index in [1.807, 2.05) is 0 Å². The van der Waals surface area contributed by atoms with Gasteiger partial charge in [0.15, 0.2) is 6.29 Å². The number of aromatic nitrogens is 2. The van der Waals surface area contributed by atoms with E-state index in [4.69, 9.17) is 0 Å². The zero-order chi connectivity index (χ0) is 7.56. The molecule has 0 N–H and O–H groups in total. The predicted molar refractivity (Wildman–Crippen MR) is 34.9 cm³/mol. The van der Waals surface area contributed by atoms with Crippen molar-refractivity contribution in [2.24, 2.45) is 7.05 Å². The van der Waals surface area contributed by atoms with Crippen LogP contribution in [0.2, 0.25) is 0 Å². The summed E-state index contributed by atoms with van der Waals surface area (Å²) in [6.07, 6.45) is 1.93. The van der Waals surface area contributed by atoms with E-state index >= 15 is 0 Å². The van der Waals surface area contributed by atoms with Crippen molar-refractivity contribution < 1.29 is 4.79 Å². The third kappa shape index (κ3) is 1.10. The molecule has 0 spiro atoms. The highest BCUT2D eigenvalue weighted by atomic mass is 16.1. The highest BCUT2D eigenvalue weighted by molar-refractivity contribution is 5.73. The third-order valence-electron chi connectivity index (χ3n) is 1.13. The second-order valence-corrected chi connectivity index (χ2v) is 1.87. The van der Waals surface area contributed by atoms with Crippen LogP contribution < -0.4 is 5.56 Å². The zero-order valence-electron chi connectivity index (χ0n) is 5.44. The van der Waals surface area contributed by atoms with Crippen LogP contribution in [0.25, 0.3) is 0 Å². The standard InChI is InChI=1S/C6H6N2O2/c1-8-6(10)2-5(4-9)3-7-8/h2-4H,1H3. The summed E-state index contributed by atoms with van der Waals surface area (Å²) in [7, 11) is 1.52. The van der Waals surface area contributed by atoms with Crippen molar-refractivity contribution in [2.75, 3.05) is 0 Å². The van der Waals surface area contributed by atoms with Crippen LogP contribution >= 0.6 is 0 Å². The molecule has 4 heteroatoms. The molecule has 0 fully saturated rings. The van der Waals surface area contributed by atoms with Gasteiger partial charge < -0.3 is 0 Å². The Labute approximate surface area is 57.1 Å².